The lowest BCUT2D eigenvalue weighted by Crippen LogP contribution is -2.23. The number of aliphatic carboxylic acids is 1. The fraction of sp³-hybridized carbons (Fsp3) is 0.500. The Kier molecular flexibility index (Phi) is 3.78. The van der Waals surface area contributed by atoms with Gasteiger partial charge in [-0.1, -0.05) is 5.16 Å². The highest BCUT2D eigenvalue weighted by Gasteiger charge is 2.07. The van der Waals surface area contributed by atoms with Crippen molar-refractivity contribution in [3.8, 4) is 0 Å². The number of carbonyl (C=O) groups excluding carboxylic acids is 1. The molecule has 1 aromatic heterocycles. The first-order chi connectivity index (χ1) is 7.08. The molecular formula is C8H11N3O4. The Morgan fingerprint density at radius 1 is 1.47 bits per heavy atom. The van der Waals surface area contributed by atoms with Crippen LogP contribution in [0.5, 0.6) is 0 Å². The summed E-state index contributed by atoms with van der Waals surface area (Å²) in [5.41, 5.74) is 0. The summed E-state index contributed by atoms with van der Waals surface area (Å²) in [7, 11) is 0. The van der Waals surface area contributed by atoms with E-state index < -0.39 is 5.97 Å². The maximum absolute atomic E-state index is 11.1. The van der Waals surface area contributed by atoms with Crippen LogP contribution in [-0.2, 0) is 16.1 Å². The largest absolute Gasteiger partial charge is 0.481 e. The molecule has 82 valence electrons. The Bertz CT molecular complexity index is 361. The summed E-state index contributed by atoms with van der Waals surface area (Å²) >= 11 is 0. The highest BCUT2D eigenvalue weighted by atomic mass is 16.5. The molecule has 15 heavy (non-hydrogen) atoms. The predicted octanol–water partition coefficient (Wildman–Crippen LogP) is -0.141. The molecule has 2 N–H and O–H groups in total. The van der Waals surface area contributed by atoms with Crippen LogP contribution in [-0.4, -0.2) is 27.1 Å². The molecule has 0 spiro atoms. The number of hydrogen-bond acceptors (Lipinski definition) is 5. The van der Waals surface area contributed by atoms with Gasteiger partial charge in [0.25, 0.3) is 0 Å². The Labute approximate surface area is 85.5 Å². The smallest absolute Gasteiger partial charge is 0.303 e. The number of aromatic nitrogens is 2. The van der Waals surface area contributed by atoms with Crippen molar-refractivity contribution in [3.63, 3.8) is 0 Å². The number of carbonyl (C=O) groups is 2. The summed E-state index contributed by atoms with van der Waals surface area (Å²) in [6.45, 7) is 1.79. The van der Waals surface area contributed by atoms with Crippen LogP contribution >= 0.6 is 0 Å². The van der Waals surface area contributed by atoms with Crippen LogP contribution < -0.4 is 5.32 Å². The minimum Gasteiger partial charge on any atom is -0.481 e. The first-order valence-electron chi connectivity index (χ1n) is 4.35. The van der Waals surface area contributed by atoms with Gasteiger partial charge in [-0.3, -0.25) is 9.59 Å². The van der Waals surface area contributed by atoms with Crippen LogP contribution in [0.2, 0.25) is 0 Å². The fourth-order valence-corrected chi connectivity index (χ4v) is 0.895. The van der Waals surface area contributed by atoms with Gasteiger partial charge >= 0.3 is 5.97 Å². The number of nitrogens with one attached hydrogen (secondary N) is 1. The predicted molar refractivity (Wildman–Crippen MR) is 47.8 cm³/mol. The maximum atomic E-state index is 11.1. The summed E-state index contributed by atoms with van der Waals surface area (Å²) in [5.74, 6) is -0.562. The van der Waals surface area contributed by atoms with Gasteiger partial charge in [0, 0.05) is 6.42 Å². The Hall–Kier alpha value is -1.92. The third kappa shape index (κ3) is 4.21. The van der Waals surface area contributed by atoms with E-state index in [1.165, 1.54) is 0 Å². The van der Waals surface area contributed by atoms with Crippen LogP contribution in [0.4, 0.5) is 0 Å². The van der Waals surface area contributed by atoms with Gasteiger partial charge in [-0.2, -0.15) is 4.98 Å². The first-order valence-corrected chi connectivity index (χ1v) is 4.35. The average Bonchev–Trinajstić information content (AvgIpc) is 2.58. The van der Waals surface area contributed by atoms with Crippen molar-refractivity contribution in [1.29, 1.82) is 0 Å². The second kappa shape index (κ2) is 5.08. The molecule has 0 atom stereocenters. The third-order valence-electron chi connectivity index (χ3n) is 1.57. The lowest BCUT2D eigenvalue weighted by atomic mass is 10.3. The van der Waals surface area contributed by atoms with Gasteiger partial charge in [0.2, 0.25) is 11.8 Å². The molecule has 0 aliphatic rings. The highest BCUT2D eigenvalue weighted by Crippen LogP contribution is 1.95. The number of hydrogen-bond donors (Lipinski definition) is 2. The number of rotatable bonds is 5. The standard InChI is InChI=1S/C8H11N3O4/c1-5-10-7(15-11-5)4-9-6(12)2-3-8(13)14/h2-4H2,1H3,(H,9,12)(H,13,14). The molecule has 0 saturated carbocycles. The van der Waals surface area contributed by atoms with E-state index in [-0.39, 0.29) is 25.3 Å². The minimum absolute atomic E-state index is 0.0531. The molecule has 0 aliphatic heterocycles. The van der Waals surface area contributed by atoms with Crippen LogP contribution in [0.25, 0.3) is 0 Å². The molecule has 0 unspecified atom stereocenters. The highest BCUT2D eigenvalue weighted by molar-refractivity contribution is 5.80. The van der Waals surface area contributed by atoms with E-state index in [2.05, 4.69) is 15.5 Å². The lowest BCUT2D eigenvalue weighted by Gasteiger charge is -1.99. The molecule has 7 nitrogen and oxygen atoms in total. The van der Waals surface area contributed by atoms with Gasteiger partial charge in [-0.25, -0.2) is 0 Å². The number of carboxylic acid groups (broad SMARTS) is 1. The molecule has 0 aromatic carbocycles. The number of nitrogens with zero attached hydrogens (tertiary/aromatic N) is 2. The Balaban J connectivity index is 2.25. The summed E-state index contributed by atoms with van der Waals surface area (Å²) < 4.78 is 4.75. The zero-order valence-electron chi connectivity index (χ0n) is 8.19. The average molecular weight is 213 g/mol. The molecule has 0 saturated heterocycles. The van der Waals surface area contributed by atoms with Crippen molar-refractivity contribution in [2.75, 3.05) is 0 Å². The van der Waals surface area contributed by atoms with Gasteiger partial charge in [-0.05, 0) is 6.92 Å². The Morgan fingerprint density at radius 2 is 2.20 bits per heavy atom. The fourth-order valence-electron chi connectivity index (χ4n) is 0.895. The van der Waals surface area contributed by atoms with E-state index >= 15 is 0 Å². The van der Waals surface area contributed by atoms with E-state index in [4.69, 9.17) is 9.63 Å². The van der Waals surface area contributed by atoms with E-state index in [0.29, 0.717) is 11.7 Å². The first kappa shape index (κ1) is 11.2. The van der Waals surface area contributed by atoms with Crippen LogP contribution in [0, 0.1) is 6.92 Å². The SMILES string of the molecule is Cc1noc(CNC(=O)CCC(=O)O)n1. The zero-order valence-corrected chi connectivity index (χ0v) is 8.19. The molecular weight excluding hydrogens is 202 g/mol. The minimum atomic E-state index is -1.00. The van der Waals surface area contributed by atoms with Crippen molar-refractivity contribution in [2.45, 2.75) is 26.3 Å². The lowest BCUT2D eigenvalue weighted by molar-refractivity contribution is -0.138. The summed E-state index contributed by atoms with van der Waals surface area (Å²) in [6, 6.07) is 0. The van der Waals surface area contributed by atoms with Crippen molar-refractivity contribution in [1.82, 2.24) is 15.5 Å². The number of amides is 1. The van der Waals surface area contributed by atoms with E-state index in [0.717, 1.165) is 0 Å². The molecule has 1 rings (SSSR count). The summed E-state index contributed by atoms with van der Waals surface area (Å²) in [4.78, 5) is 25.1. The molecule has 0 bridgehead atoms. The van der Waals surface area contributed by atoms with E-state index in [1.54, 1.807) is 6.92 Å². The van der Waals surface area contributed by atoms with Gasteiger partial charge < -0.3 is 14.9 Å². The molecule has 0 fully saturated rings. The van der Waals surface area contributed by atoms with Gasteiger partial charge in [0.05, 0.1) is 13.0 Å². The van der Waals surface area contributed by atoms with Gasteiger partial charge in [-0.15, -0.1) is 0 Å². The van der Waals surface area contributed by atoms with Gasteiger partial charge in [0.15, 0.2) is 5.82 Å². The molecule has 1 heterocycles. The van der Waals surface area contributed by atoms with Crippen molar-refractivity contribution >= 4 is 11.9 Å². The van der Waals surface area contributed by atoms with E-state index in [9.17, 15) is 9.59 Å². The zero-order chi connectivity index (χ0) is 11.3. The molecule has 0 radical (unpaired) electrons. The maximum Gasteiger partial charge on any atom is 0.303 e. The van der Waals surface area contributed by atoms with Crippen LogP contribution in [0.1, 0.15) is 24.6 Å². The molecule has 1 aromatic rings. The molecule has 1 amide bonds. The van der Waals surface area contributed by atoms with Crippen molar-refractivity contribution in [3.05, 3.63) is 11.7 Å². The summed E-state index contributed by atoms with van der Waals surface area (Å²) in [5, 5.41) is 14.3. The normalized spacial score (nSPS) is 9.93. The van der Waals surface area contributed by atoms with Crippen LogP contribution in [0.15, 0.2) is 4.52 Å². The Morgan fingerprint density at radius 3 is 2.73 bits per heavy atom. The second-order valence-corrected chi connectivity index (χ2v) is 2.91. The van der Waals surface area contributed by atoms with Gasteiger partial charge in [0.1, 0.15) is 0 Å². The monoisotopic (exact) mass is 213 g/mol. The van der Waals surface area contributed by atoms with Crippen molar-refractivity contribution in [2.24, 2.45) is 0 Å². The van der Waals surface area contributed by atoms with Crippen LogP contribution in [0.3, 0.4) is 0 Å². The van der Waals surface area contributed by atoms with E-state index in [1.807, 2.05) is 0 Å². The molecule has 7 heteroatoms. The number of carboxylic acids is 1. The second-order valence-electron chi connectivity index (χ2n) is 2.91. The van der Waals surface area contributed by atoms with Crippen molar-refractivity contribution < 1.29 is 19.2 Å². The summed E-state index contributed by atoms with van der Waals surface area (Å²) in [6.07, 6.45) is -0.239. The third-order valence-corrected chi connectivity index (χ3v) is 1.57. The quantitative estimate of drug-likeness (QED) is 0.705. The topological polar surface area (TPSA) is 105 Å². The number of aryl methyl sites for hydroxylation is 1. The molecule has 0 aliphatic carbocycles.